The molecular weight excluding hydrogens is 250 g/mol. The molecule has 1 aromatic rings. The maximum atomic E-state index is 6.16. The van der Waals surface area contributed by atoms with Crippen molar-refractivity contribution in [1.82, 2.24) is 4.98 Å². The van der Waals surface area contributed by atoms with Gasteiger partial charge in [-0.3, -0.25) is 0 Å². The third-order valence-electron chi connectivity index (χ3n) is 3.70. The van der Waals surface area contributed by atoms with E-state index < -0.39 is 7.12 Å². The molecule has 0 saturated carbocycles. The van der Waals surface area contributed by atoms with Gasteiger partial charge in [-0.1, -0.05) is 17.7 Å². The summed E-state index contributed by atoms with van der Waals surface area (Å²) < 4.78 is 11.8. The number of pyridine rings is 1. The summed E-state index contributed by atoms with van der Waals surface area (Å²) in [6.45, 7) is 8.00. The zero-order valence-electron chi connectivity index (χ0n) is 11.1. The number of halogens is 1. The third kappa shape index (κ3) is 2.40. The van der Waals surface area contributed by atoms with Crippen LogP contribution < -0.4 is 5.73 Å². The number of hydrogen-bond donors (Lipinski definition) is 1. The van der Waals surface area contributed by atoms with Crippen molar-refractivity contribution in [3.8, 4) is 0 Å². The molecule has 1 aliphatic heterocycles. The standard InChI is InChI=1S/C12H18BClN2O2/c1-11(2)12(3,4)18-13(17-11)10(15)8-5-6-9(14)16-7-8/h5-7,10H,15H2,1-4H3/t10-/m0/s1. The summed E-state index contributed by atoms with van der Waals surface area (Å²) in [5.74, 6) is -0.379. The smallest absolute Gasteiger partial charge is 0.402 e. The van der Waals surface area contributed by atoms with Crippen LogP contribution in [0.15, 0.2) is 18.3 Å². The van der Waals surface area contributed by atoms with Gasteiger partial charge in [-0.05, 0) is 39.3 Å². The monoisotopic (exact) mass is 268 g/mol. The van der Waals surface area contributed by atoms with Crippen LogP contribution in [0.2, 0.25) is 5.15 Å². The Bertz CT molecular complexity index is 420. The third-order valence-corrected chi connectivity index (χ3v) is 3.92. The van der Waals surface area contributed by atoms with Gasteiger partial charge in [0.15, 0.2) is 0 Å². The number of nitrogens with two attached hydrogens (primary N) is 1. The van der Waals surface area contributed by atoms with Gasteiger partial charge in [-0.25, -0.2) is 4.98 Å². The summed E-state index contributed by atoms with van der Waals surface area (Å²) in [4.78, 5) is 4.02. The quantitative estimate of drug-likeness (QED) is 0.661. The molecule has 0 bridgehead atoms. The fourth-order valence-electron chi connectivity index (χ4n) is 1.78. The molecule has 2 N–H and O–H groups in total. The highest BCUT2D eigenvalue weighted by molar-refractivity contribution is 6.47. The summed E-state index contributed by atoms with van der Waals surface area (Å²) in [5, 5.41) is 0.444. The second-order valence-corrected chi connectivity index (χ2v) is 5.95. The van der Waals surface area contributed by atoms with E-state index in [0.29, 0.717) is 5.15 Å². The number of rotatable bonds is 2. The molecule has 1 fully saturated rings. The lowest BCUT2D eigenvalue weighted by Crippen LogP contribution is -2.41. The highest BCUT2D eigenvalue weighted by Crippen LogP contribution is 2.39. The molecule has 1 saturated heterocycles. The second kappa shape index (κ2) is 4.49. The molecule has 18 heavy (non-hydrogen) atoms. The zero-order valence-corrected chi connectivity index (χ0v) is 11.9. The van der Waals surface area contributed by atoms with Crippen molar-refractivity contribution >= 4 is 18.7 Å². The van der Waals surface area contributed by atoms with Crippen molar-refractivity contribution in [2.75, 3.05) is 0 Å². The van der Waals surface area contributed by atoms with E-state index >= 15 is 0 Å². The molecule has 1 atom stereocenters. The Morgan fingerprint density at radius 2 is 1.78 bits per heavy atom. The molecule has 1 aliphatic rings. The van der Waals surface area contributed by atoms with Crippen LogP contribution >= 0.6 is 11.6 Å². The maximum absolute atomic E-state index is 6.16. The molecule has 0 unspecified atom stereocenters. The van der Waals surface area contributed by atoms with E-state index in [4.69, 9.17) is 26.6 Å². The van der Waals surface area contributed by atoms with E-state index in [1.54, 1.807) is 12.3 Å². The summed E-state index contributed by atoms with van der Waals surface area (Å²) in [6, 6.07) is 3.55. The number of nitrogens with zero attached hydrogens (tertiary/aromatic N) is 1. The molecule has 0 amide bonds. The van der Waals surface area contributed by atoms with Crippen LogP contribution in [0.25, 0.3) is 0 Å². The summed E-state index contributed by atoms with van der Waals surface area (Å²) >= 11 is 5.75. The molecule has 0 aliphatic carbocycles. The summed E-state index contributed by atoms with van der Waals surface area (Å²) in [6.07, 6.45) is 1.65. The minimum Gasteiger partial charge on any atom is -0.402 e. The first kappa shape index (κ1) is 13.8. The molecule has 4 nitrogen and oxygen atoms in total. The topological polar surface area (TPSA) is 57.4 Å². The highest BCUT2D eigenvalue weighted by Gasteiger charge is 2.53. The van der Waals surface area contributed by atoms with Gasteiger partial charge in [-0.2, -0.15) is 0 Å². The van der Waals surface area contributed by atoms with Gasteiger partial charge in [0, 0.05) is 6.20 Å². The summed E-state index contributed by atoms with van der Waals surface area (Å²) in [5.41, 5.74) is 6.25. The Morgan fingerprint density at radius 1 is 1.22 bits per heavy atom. The Labute approximate surface area is 113 Å². The lowest BCUT2D eigenvalue weighted by Gasteiger charge is -2.32. The Kier molecular flexibility index (Phi) is 3.45. The molecule has 0 aromatic carbocycles. The summed E-state index contributed by atoms with van der Waals surface area (Å²) in [7, 11) is -0.474. The van der Waals surface area contributed by atoms with Crippen molar-refractivity contribution in [1.29, 1.82) is 0 Å². The fraction of sp³-hybridized carbons (Fsp3) is 0.583. The number of hydrogen-bond acceptors (Lipinski definition) is 4. The van der Waals surface area contributed by atoms with Crippen molar-refractivity contribution in [2.45, 2.75) is 44.8 Å². The zero-order chi connectivity index (χ0) is 13.6. The van der Waals surface area contributed by atoms with Crippen LogP contribution in [-0.2, 0) is 9.31 Å². The average Bonchev–Trinajstić information content (AvgIpc) is 2.48. The normalized spacial score (nSPS) is 23.1. The fourth-order valence-corrected chi connectivity index (χ4v) is 1.89. The molecule has 98 valence electrons. The van der Waals surface area contributed by atoms with Gasteiger partial charge >= 0.3 is 7.12 Å². The van der Waals surface area contributed by atoms with Crippen LogP contribution in [0.1, 0.15) is 39.2 Å². The van der Waals surface area contributed by atoms with Gasteiger partial charge in [0.1, 0.15) is 5.15 Å². The van der Waals surface area contributed by atoms with Crippen LogP contribution in [0, 0.1) is 0 Å². The van der Waals surface area contributed by atoms with E-state index in [2.05, 4.69) is 4.98 Å². The van der Waals surface area contributed by atoms with E-state index in [1.165, 1.54) is 0 Å². The molecule has 6 heteroatoms. The van der Waals surface area contributed by atoms with E-state index in [0.717, 1.165) is 5.56 Å². The lowest BCUT2D eigenvalue weighted by molar-refractivity contribution is 0.00578. The van der Waals surface area contributed by atoms with Crippen LogP contribution in [-0.4, -0.2) is 23.3 Å². The van der Waals surface area contributed by atoms with Crippen molar-refractivity contribution in [3.05, 3.63) is 29.0 Å². The highest BCUT2D eigenvalue weighted by atomic mass is 35.5. The Balaban J connectivity index is 2.17. The van der Waals surface area contributed by atoms with Crippen molar-refractivity contribution in [2.24, 2.45) is 5.73 Å². The first-order valence-electron chi connectivity index (χ1n) is 5.96. The first-order chi connectivity index (χ1) is 8.23. The SMILES string of the molecule is CC1(C)OB([C@@H](N)c2ccc(Cl)nc2)OC1(C)C. The van der Waals surface area contributed by atoms with Gasteiger partial charge in [0.2, 0.25) is 0 Å². The predicted molar refractivity (Wildman–Crippen MR) is 72.3 cm³/mol. The van der Waals surface area contributed by atoms with E-state index in [9.17, 15) is 0 Å². The Morgan fingerprint density at radius 3 is 2.22 bits per heavy atom. The van der Waals surface area contributed by atoms with Crippen LogP contribution in [0.3, 0.4) is 0 Å². The molecule has 1 aromatic heterocycles. The first-order valence-corrected chi connectivity index (χ1v) is 6.33. The largest absolute Gasteiger partial charge is 0.480 e. The lowest BCUT2D eigenvalue weighted by atomic mass is 9.75. The van der Waals surface area contributed by atoms with Gasteiger partial charge in [-0.15, -0.1) is 0 Å². The molecule has 2 rings (SSSR count). The van der Waals surface area contributed by atoms with Crippen molar-refractivity contribution in [3.63, 3.8) is 0 Å². The average molecular weight is 269 g/mol. The second-order valence-electron chi connectivity index (χ2n) is 5.56. The molecule has 0 spiro atoms. The predicted octanol–water partition coefficient (Wildman–Crippen LogP) is 2.37. The maximum Gasteiger partial charge on any atom is 0.480 e. The minimum atomic E-state index is -0.474. The van der Waals surface area contributed by atoms with Crippen LogP contribution in [0.5, 0.6) is 0 Å². The number of aromatic nitrogens is 1. The minimum absolute atomic E-state index is 0.379. The molecule has 0 radical (unpaired) electrons. The van der Waals surface area contributed by atoms with Crippen molar-refractivity contribution < 1.29 is 9.31 Å². The van der Waals surface area contributed by atoms with Gasteiger partial charge in [0.05, 0.1) is 17.1 Å². The van der Waals surface area contributed by atoms with Crippen LogP contribution in [0.4, 0.5) is 0 Å². The molecule has 2 heterocycles. The molecular formula is C12H18BClN2O2. The Hall–Kier alpha value is -0.615. The van der Waals surface area contributed by atoms with E-state index in [-0.39, 0.29) is 17.1 Å². The van der Waals surface area contributed by atoms with E-state index in [1.807, 2.05) is 33.8 Å². The van der Waals surface area contributed by atoms with Gasteiger partial charge in [0.25, 0.3) is 0 Å². The van der Waals surface area contributed by atoms with Gasteiger partial charge < -0.3 is 15.0 Å².